The first-order chi connectivity index (χ1) is 9.08. The van der Waals surface area contributed by atoms with Crippen LogP contribution in [0.5, 0.6) is 0 Å². The fourth-order valence-corrected chi connectivity index (χ4v) is 2.56. The Morgan fingerprint density at radius 1 is 1.37 bits per heavy atom. The molecular weight excluding hydrogens is 266 g/mol. The molecule has 19 heavy (non-hydrogen) atoms. The number of hydrogen-bond acceptors (Lipinski definition) is 3. The molecule has 0 unspecified atom stereocenters. The highest BCUT2D eigenvalue weighted by Gasteiger charge is 2.20. The van der Waals surface area contributed by atoms with Gasteiger partial charge in [-0.15, -0.1) is 0 Å². The van der Waals surface area contributed by atoms with Gasteiger partial charge in [0.15, 0.2) is 0 Å². The summed E-state index contributed by atoms with van der Waals surface area (Å²) in [7, 11) is 1.67. The van der Waals surface area contributed by atoms with Gasteiger partial charge in [0.2, 0.25) is 0 Å². The van der Waals surface area contributed by atoms with Crippen LogP contribution in [-0.2, 0) is 13.6 Å². The van der Waals surface area contributed by atoms with Gasteiger partial charge in [-0.1, -0.05) is 11.6 Å². The average molecular weight is 280 g/mol. The number of benzene rings is 1. The number of aryl methyl sites for hydroxylation is 1. The third-order valence-corrected chi connectivity index (χ3v) is 3.86. The normalized spacial score (nSPS) is 15.7. The lowest BCUT2D eigenvalue weighted by molar-refractivity contribution is 0.298. The Morgan fingerprint density at radius 3 is 2.74 bits per heavy atom. The topological polar surface area (TPSA) is 56.0 Å². The van der Waals surface area contributed by atoms with Gasteiger partial charge in [-0.3, -0.25) is 13.9 Å². The summed E-state index contributed by atoms with van der Waals surface area (Å²) in [4.78, 5) is 24.6. The highest BCUT2D eigenvalue weighted by atomic mass is 35.5. The average Bonchev–Trinajstić information content (AvgIpc) is 2.34. The molecule has 0 spiro atoms. The molecule has 1 aromatic carbocycles. The number of halogens is 1. The largest absolute Gasteiger partial charge is 0.331 e. The second-order valence-electron chi connectivity index (χ2n) is 4.94. The van der Waals surface area contributed by atoms with E-state index in [0.29, 0.717) is 28.4 Å². The van der Waals surface area contributed by atoms with E-state index in [9.17, 15) is 9.59 Å². The van der Waals surface area contributed by atoms with E-state index < -0.39 is 0 Å². The highest BCUT2D eigenvalue weighted by molar-refractivity contribution is 6.31. The van der Waals surface area contributed by atoms with Crippen molar-refractivity contribution < 1.29 is 0 Å². The van der Waals surface area contributed by atoms with Crippen molar-refractivity contribution in [1.29, 1.82) is 0 Å². The van der Waals surface area contributed by atoms with Gasteiger partial charge in [-0.2, -0.15) is 0 Å². The third kappa shape index (κ3) is 1.99. The van der Waals surface area contributed by atoms with E-state index in [1.165, 1.54) is 9.13 Å². The van der Waals surface area contributed by atoms with Crippen LogP contribution in [0.3, 0.4) is 0 Å². The number of nitrogens with one attached hydrogen (secondary N) is 1. The van der Waals surface area contributed by atoms with Gasteiger partial charge in [0, 0.05) is 37.6 Å². The van der Waals surface area contributed by atoms with Crippen molar-refractivity contribution in [3.8, 4) is 0 Å². The summed E-state index contributed by atoms with van der Waals surface area (Å²) in [5.74, 6) is 0.349. The van der Waals surface area contributed by atoms with Crippen LogP contribution in [0.15, 0.2) is 27.8 Å². The van der Waals surface area contributed by atoms with E-state index in [-0.39, 0.29) is 11.2 Å². The van der Waals surface area contributed by atoms with Gasteiger partial charge in [0.1, 0.15) is 0 Å². The lowest BCUT2D eigenvalue weighted by atomic mass is 10.0. The maximum absolute atomic E-state index is 12.4. The van der Waals surface area contributed by atoms with Gasteiger partial charge in [-0.25, -0.2) is 4.79 Å². The second kappa shape index (κ2) is 4.51. The molecule has 6 heteroatoms. The number of rotatable bonds is 2. The van der Waals surface area contributed by atoms with Crippen LogP contribution in [-0.4, -0.2) is 22.2 Å². The van der Waals surface area contributed by atoms with Gasteiger partial charge in [-0.05, 0) is 18.2 Å². The SMILES string of the molecule is Cn1c(=O)n(CC2CNC2)c(=O)c2cc(Cl)ccc21. The molecule has 1 saturated heterocycles. The van der Waals surface area contributed by atoms with Crippen molar-refractivity contribution in [3.05, 3.63) is 44.1 Å². The van der Waals surface area contributed by atoms with Crippen molar-refractivity contribution in [2.24, 2.45) is 13.0 Å². The molecule has 1 aromatic heterocycles. The fraction of sp³-hybridized carbons (Fsp3) is 0.385. The van der Waals surface area contributed by atoms with Crippen LogP contribution >= 0.6 is 11.6 Å². The molecule has 5 nitrogen and oxygen atoms in total. The molecule has 1 aliphatic heterocycles. The summed E-state index contributed by atoms with van der Waals surface area (Å²) in [6.07, 6.45) is 0. The number of fused-ring (bicyclic) bond motifs is 1. The third-order valence-electron chi connectivity index (χ3n) is 3.62. The van der Waals surface area contributed by atoms with E-state index in [1.807, 2.05) is 0 Å². The maximum atomic E-state index is 12.4. The molecule has 0 aliphatic carbocycles. The molecule has 0 saturated carbocycles. The Hall–Kier alpha value is -1.59. The molecule has 0 atom stereocenters. The van der Waals surface area contributed by atoms with Crippen molar-refractivity contribution in [3.63, 3.8) is 0 Å². The van der Waals surface area contributed by atoms with Crippen molar-refractivity contribution in [1.82, 2.24) is 14.5 Å². The molecule has 2 aromatic rings. The zero-order chi connectivity index (χ0) is 13.6. The Kier molecular flexibility index (Phi) is 2.95. The minimum atomic E-state index is -0.272. The summed E-state index contributed by atoms with van der Waals surface area (Å²) in [5, 5.41) is 4.12. The van der Waals surface area contributed by atoms with Crippen molar-refractivity contribution in [2.75, 3.05) is 13.1 Å². The summed E-state index contributed by atoms with van der Waals surface area (Å²) < 4.78 is 2.81. The monoisotopic (exact) mass is 279 g/mol. The summed E-state index contributed by atoms with van der Waals surface area (Å²) in [6, 6.07) is 5.01. The van der Waals surface area contributed by atoms with Crippen LogP contribution in [0.25, 0.3) is 10.9 Å². The first-order valence-corrected chi connectivity index (χ1v) is 6.55. The van der Waals surface area contributed by atoms with E-state index in [1.54, 1.807) is 25.2 Å². The molecule has 0 amide bonds. The summed E-state index contributed by atoms with van der Waals surface area (Å²) in [6.45, 7) is 2.16. The van der Waals surface area contributed by atoms with E-state index in [2.05, 4.69) is 5.32 Å². The zero-order valence-corrected chi connectivity index (χ0v) is 11.3. The first kappa shape index (κ1) is 12.4. The van der Waals surface area contributed by atoms with Gasteiger partial charge < -0.3 is 5.32 Å². The highest BCUT2D eigenvalue weighted by Crippen LogP contribution is 2.15. The maximum Gasteiger partial charge on any atom is 0.331 e. The molecule has 1 N–H and O–H groups in total. The lowest BCUT2D eigenvalue weighted by Gasteiger charge is -2.27. The van der Waals surface area contributed by atoms with Gasteiger partial charge in [0.05, 0.1) is 10.9 Å². The predicted molar refractivity (Wildman–Crippen MR) is 74.8 cm³/mol. The minimum absolute atomic E-state index is 0.257. The van der Waals surface area contributed by atoms with E-state index in [0.717, 1.165) is 13.1 Å². The van der Waals surface area contributed by atoms with Crippen LogP contribution in [0, 0.1) is 5.92 Å². The Balaban J connectivity index is 2.26. The zero-order valence-electron chi connectivity index (χ0n) is 10.5. The molecule has 100 valence electrons. The number of nitrogens with zero attached hydrogens (tertiary/aromatic N) is 2. The lowest BCUT2D eigenvalue weighted by Crippen LogP contribution is -2.49. The van der Waals surface area contributed by atoms with E-state index >= 15 is 0 Å². The minimum Gasteiger partial charge on any atom is -0.316 e. The summed E-state index contributed by atoms with van der Waals surface area (Å²) in [5.41, 5.74) is 0.0848. The molecular formula is C13H14ClN3O2. The smallest absolute Gasteiger partial charge is 0.316 e. The van der Waals surface area contributed by atoms with Crippen LogP contribution in [0.2, 0.25) is 5.02 Å². The number of aromatic nitrogens is 2. The molecule has 0 bridgehead atoms. The molecule has 3 rings (SSSR count). The van der Waals surface area contributed by atoms with Crippen molar-refractivity contribution in [2.45, 2.75) is 6.54 Å². The second-order valence-corrected chi connectivity index (χ2v) is 5.38. The Labute approximate surface area is 114 Å². The first-order valence-electron chi connectivity index (χ1n) is 6.17. The fourth-order valence-electron chi connectivity index (χ4n) is 2.39. The predicted octanol–water partition coefficient (Wildman–Crippen LogP) is 0.573. The molecule has 1 fully saturated rings. The van der Waals surface area contributed by atoms with Crippen LogP contribution < -0.4 is 16.6 Å². The standard InChI is InChI=1S/C13H14ClN3O2/c1-16-11-3-2-9(14)4-10(11)12(18)17(13(16)19)7-8-5-15-6-8/h2-4,8,15H,5-7H2,1H3. The summed E-state index contributed by atoms with van der Waals surface area (Å²) >= 11 is 5.93. The number of hydrogen-bond donors (Lipinski definition) is 1. The molecule has 1 aliphatic rings. The Morgan fingerprint density at radius 2 is 2.11 bits per heavy atom. The van der Waals surface area contributed by atoms with Crippen molar-refractivity contribution >= 4 is 22.5 Å². The Bertz CT molecular complexity index is 759. The quantitative estimate of drug-likeness (QED) is 0.875. The molecule has 2 heterocycles. The van der Waals surface area contributed by atoms with E-state index in [4.69, 9.17) is 11.6 Å². The van der Waals surface area contributed by atoms with Crippen LogP contribution in [0.1, 0.15) is 0 Å². The van der Waals surface area contributed by atoms with Crippen LogP contribution in [0.4, 0.5) is 0 Å². The molecule has 0 radical (unpaired) electrons. The van der Waals surface area contributed by atoms with Gasteiger partial charge in [0.25, 0.3) is 5.56 Å². The van der Waals surface area contributed by atoms with Gasteiger partial charge >= 0.3 is 5.69 Å².